The summed E-state index contributed by atoms with van der Waals surface area (Å²) in [5.41, 5.74) is 1.39. The maximum absolute atomic E-state index is 13.3. The number of nitro benzene ring substituents is 1. The van der Waals surface area contributed by atoms with Crippen LogP contribution < -0.4 is 0 Å². The van der Waals surface area contributed by atoms with E-state index in [1.807, 2.05) is 6.07 Å². The van der Waals surface area contributed by atoms with E-state index in [9.17, 15) is 14.5 Å². The Balaban J connectivity index is 2.32. The van der Waals surface area contributed by atoms with Gasteiger partial charge in [0.15, 0.2) is 0 Å². The molecule has 0 bridgehead atoms. The zero-order chi connectivity index (χ0) is 13.4. The van der Waals surface area contributed by atoms with Crippen LogP contribution in [-0.2, 0) is 0 Å². The predicted octanol–water partition coefficient (Wildman–Crippen LogP) is 3.07. The van der Waals surface area contributed by atoms with Gasteiger partial charge in [-0.3, -0.25) is 14.7 Å². The van der Waals surface area contributed by atoms with Crippen LogP contribution in [0, 0.1) is 15.9 Å². The number of nitro groups is 1. The third kappa shape index (κ3) is 1.83. The fraction of sp³-hybridized carbons (Fsp3) is 0. The topological polar surface area (TPSA) is 61.0 Å². The standard InChI is InChI=1S/C13H8FN3O2/c14-9-5-6-12(17(18)19)13(7-9)16-8-15-10-3-1-2-4-11(10)16/h1-8H. The van der Waals surface area contributed by atoms with Crippen molar-refractivity contribution in [2.45, 2.75) is 0 Å². The van der Waals surface area contributed by atoms with Crippen LogP contribution in [0.5, 0.6) is 0 Å². The Labute approximate surface area is 107 Å². The molecule has 0 spiro atoms. The molecule has 3 rings (SSSR count). The maximum atomic E-state index is 13.3. The molecule has 0 saturated carbocycles. The zero-order valence-electron chi connectivity index (χ0n) is 9.65. The number of imidazole rings is 1. The highest BCUT2D eigenvalue weighted by molar-refractivity contribution is 5.78. The van der Waals surface area contributed by atoms with Gasteiger partial charge in [-0.05, 0) is 18.2 Å². The summed E-state index contributed by atoms with van der Waals surface area (Å²) in [4.78, 5) is 14.6. The number of rotatable bonds is 2. The molecule has 0 saturated heterocycles. The first-order valence-corrected chi connectivity index (χ1v) is 5.53. The Morgan fingerprint density at radius 1 is 1.21 bits per heavy atom. The van der Waals surface area contributed by atoms with E-state index in [-0.39, 0.29) is 11.4 Å². The lowest BCUT2D eigenvalue weighted by Crippen LogP contribution is -1.99. The number of aromatic nitrogens is 2. The quantitative estimate of drug-likeness (QED) is 0.523. The summed E-state index contributed by atoms with van der Waals surface area (Å²) in [6, 6.07) is 10.5. The van der Waals surface area contributed by atoms with E-state index >= 15 is 0 Å². The van der Waals surface area contributed by atoms with Gasteiger partial charge in [0.05, 0.1) is 16.0 Å². The Morgan fingerprint density at radius 3 is 2.79 bits per heavy atom. The average Bonchev–Trinajstić information content (AvgIpc) is 2.82. The summed E-state index contributed by atoms with van der Waals surface area (Å²) in [6.07, 6.45) is 1.45. The van der Waals surface area contributed by atoms with Gasteiger partial charge in [-0.25, -0.2) is 9.37 Å². The molecule has 2 aromatic carbocycles. The average molecular weight is 257 g/mol. The van der Waals surface area contributed by atoms with Crippen molar-refractivity contribution in [3.8, 4) is 5.69 Å². The van der Waals surface area contributed by atoms with Crippen LogP contribution in [0.3, 0.4) is 0 Å². The molecule has 6 heteroatoms. The van der Waals surface area contributed by atoms with Gasteiger partial charge in [0.1, 0.15) is 17.8 Å². The van der Waals surface area contributed by atoms with Crippen molar-refractivity contribution < 1.29 is 9.31 Å². The number of fused-ring (bicyclic) bond motifs is 1. The normalized spacial score (nSPS) is 10.8. The van der Waals surface area contributed by atoms with Crippen LogP contribution in [0.1, 0.15) is 0 Å². The van der Waals surface area contributed by atoms with Gasteiger partial charge in [0, 0.05) is 12.1 Å². The molecule has 0 N–H and O–H groups in total. The summed E-state index contributed by atoms with van der Waals surface area (Å²) in [5.74, 6) is -0.529. The van der Waals surface area contributed by atoms with E-state index in [0.717, 1.165) is 18.2 Å². The molecule has 0 radical (unpaired) electrons. The third-order valence-electron chi connectivity index (χ3n) is 2.85. The second kappa shape index (κ2) is 4.16. The number of halogens is 1. The molecule has 3 aromatic rings. The fourth-order valence-corrected chi connectivity index (χ4v) is 2.00. The van der Waals surface area contributed by atoms with E-state index in [1.165, 1.54) is 10.9 Å². The summed E-state index contributed by atoms with van der Waals surface area (Å²) in [5, 5.41) is 11.0. The monoisotopic (exact) mass is 257 g/mol. The molecule has 5 nitrogen and oxygen atoms in total. The SMILES string of the molecule is O=[N+]([O-])c1ccc(F)cc1-n1cnc2ccccc21. The highest BCUT2D eigenvalue weighted by atomic mass is 19.1. The van der Waals surface area contributed by atoms with Crippen LogP contribution >= 0.6 is 0 Å². The highest BCUT2D eigenvalue weighted by Crippen LogP contribution is 2.26. The summed E-state index contributed by atoms with van der Waals surface area (Å²) < 4.78 is 14.9. The molecular formula is C13H8FN3O2. The molecule has 0 aliphatic rings. The number of hydrogen-bond acceptors (Lipinski definition) is 3. The molecular weight excluding hydrogens is 249 g/mol. The molecule has 0 amide bonds. The van der Waals surface area contributed by atoms with Crippen molar-refractivity contribution in [2.75, 3.05) is 0 Å². The lowest BCUT2D eigenvalue weighted by Gasteiger charge is -2.05. The Morgan fingerprint density at radius 2 is 2.00 bits per heavy atom. The largest absolute Gasteiger partial charge is 0.293 e. The first-order chi connectivity index (χ1) is 9.16. The maximum Gasteiger partial charge on any atom is 0.293 e. The second-order valence-corrected chi connectivity index (χ2v) is 3.99. The van der Waals surface area contributed by atoms with Crippen LogP contribution in [0.2, 0.25) is 0 Å². The fourth-order valence-electron chi connectivity index (χ4n) is 2.00. The third-order valence-corrected chi connectivity index (χ3v) is 2.85. The van der Waals surface area contributed by atoms with Crippen LogP contribution in [0.15, 0.2) is 48.8 Å². The molecule has 0 aliphatic heterocycles. The van der Waals surface area contributed by atoms with Crippen molar-refractivity contribution in [1.29, 1.82) is 0 Å². The highest BCUT2D eigenvalue weighted by Gasteiger charge is 2.17. The van der Waals surface area contributed by atoms with Crippen molar-refractivity contribution in [1.82, 2.24) is 9.55 Å². The Kier molecular flexibility index (Phi) is 2.49. The van der Waals surface area contributed by atoms with Gasteiger partial charge in [0.2, 0.25) is 0 Å². The first-order valence-electron chi connectivity index (χ1n) is 5.53. The minimum absolute atomic E-state index is 0.162. The minimum Gasteiger partial charge on any atom is -0.292 e. The Bertz CT molecular complexity index is 782. The Hall–Kier alpha value is -2.76. The molecule has 0 fully saturated rings. The number of nitrogens with zero attached hydrogens (tertiary/aromatic N) is 3. The zero-order valence-corrected chi connectivity index (χ0v) is 9.65. The lowest BCUT2D eigenvalue weighted by molar-refractivity contribution is -0.384. The molecule has 94 valence electrons. The number of benzene rings is 2. The van der Waals surface area contributed by atoms with E-state index in [4.69, 9.17) is 0 Å². The first kappa shape index (κ1) is 11.3. The molecule has 0 unspecified atom stereocenters. The second-order valence-electron chi connectivity index (χ2n) is 3.99. The lowest BCUT2D eigenvalue weighted by atomic mass is 10.2. The smallest absolute Gasteiger partial charge is 0.292 e. The molecule has 19 heavy (non-hydrogen) atoms. The van der Waals surface area contributed by atoms with Crippen molar-refractivity contribution >= 4 is 16.7 Å². The van der Waals surface area contributed by atoms with Crippen molar-refractivity contribution in [2.24, 2.45) is 0 Å². The summed E-state index contributed by atoms with van der Waals surface area (Å²) in [7, 11) is 0. The summed E-state index contributed by atoms with van der Waals surface area (Å²) >= 11 is 0. The molecule has 0 aliphatic carbocycles. The van der Waals surface area contributed by atoms with Crippen molar-refractivity contribution in [3.05, 3.63) is 64.7 Å². The molecule has 1 heterocycles. The van der Waals surface area contributed by atoms with Gasteiger partial charge in [-0.15, -0.1) is 0 Å². The van der Waals surface area contributed by atoms with Crippen LogP contribution in [0.4, 0.5) is 10.1 Å². The van der Waals surface area contributed by atoms with E-state index in [2.05, 4.69) is 4.98 Å². The van der Waals surface area contributed by atoms with Gasteiger partial charge in [0.25, 0.3) is 5.69 Å². The van der Waals surface area contributed by atoms with Gasteiger partial charge in [-0.1, -0.05) is 12.1 Å². The van der Waals surface area contributed by atoms with Gasteiger partial charge in [-0.2, -0.15) is 0 Å². The van der Waals surface area contributed by atoms with Gasteiger partial charge < -0.3 is 0 Å². The van der Waals surface area contributed by atoms with Gasteiger partial charge >= 0.3 is 0 Å². The van der Waals surface area contributed by atoms with Crippen LogP contribution in [-0.4, -0.2) is 14.5 Å². The molecule has 0 atom stereocenters. The predicted molar refractivity (Wildman–Crippen MR) is 67.7 cm³/mol. The van der Waals surface area contributed by atoms with Crippen molar-refractivity contribution in [3.63, 3.8) is 0 Å². The van der Waals surface area contributed by atoms with E-state index in [0.29, 0.717) is 11.0 Å². The number of para-hydroxylation sites is 2. The van der Waals surface area contributed by atoms with Crippen LogP contribution in [0.25, 0.3) is 16.7 Å². The van der Waals surface area contributed by atoms with E-state index < -0.39 is 10.7 Å². The summed E-state index contributed by atoms with van der Waals surface area (Å²) in [6.45, 7) is 0. The molecule has 1 aromatic heterocycles. The van der Waals surface area contributed by atoms with E-state index in [1.54, 1.807) is 18.2 Å². The minimum atomic E-state index is -0.538. The number of hydrogen-bond donors (Lipinski definition) is 0.